The second-order valence-corrected chi connectivity index (χ2v) is 4.09. The lowest BCUT2D eigenvalue weighted by atomic mass is 10.1. The maximum Gasteiger partial charge on any atom is 0.187 e. The average Bonchev–Trinajstić information content (AvgIpc) is 2.34. The molecular formula is C13H8ClF2NO. The van der Waals surface area contributed by atoms with Gasteiger partial charge in [0, 0.05) is 12.6 Å². The van der Waals surface area contributed by atoms with Gasteiger partial charge in [0.15, 0.2) is 17.4 Å². The molecule has 0 unspecified atom stereocenters. The zero-order valence-electron chi connectivity index (χ0n) is 9.16. The van der Waals surface area contributed by atoms with Crippen molar-refractivity contribution in [3.8, 4) is 0 Å². The highest BCUT2D eigenvalue weighted by Crippen LogP contribution is 2.16. The van der Waals surface area contributed by atoms with Crippen LogP contribution in [0.2, 0.25) is 5.02 Å². The Morgan fingerprint density at radius 1 is 1.22 bits per heavy atom. The molecule has 0 radical (unpaired) electrons. The van der Waals surface area contributed by atoms with E-state index < -0.39 is 11.6 Å². The van der Waals surface area contributed by atoms with Crippen molar-refractivity contribution >= 4 is 17.4 Å². The van der Waals surface area contributed by atoms with Crippen molar-refractivity contribution in [2.24, 2.45) is 0 Å². The van der Waals surface area contributed by atoms with Crippen LogP contribution >= 0.6 is 11.6 Å². The van der Waals surface area contributed by atoms with E-state index in [-0.39, 0.29) is 22.9 Å². The molecule has 1 heterocycles. The number of carbonyl (C=O) groups is 1. The summed E-state index contributed by atoms with van der Waals surface area (Å²) in [7, 11) is 0. The third-order valence-electron chi connectivity index (χ3n) is 2.37. The van der Waals surface area contributed by atoms with Crippen LogP contribution in [0.1, 0.15) is 16.1 Å². The van der Waals surface area contributed by atoms with Crippen molar-refractivity contribution in [1.29, 1.82) is 0 Å². The Kier molecular flexibility index (Phi) is 3.67. The topological polar surface area (TPSA) is 30.0 Å². The van der Waals surface area contributed by atoms with Crippen molar-refractivity contribution in [3.63, 3.8) is 0 Å². The summed E-state index contributed by atoms with van der Waals surface area (Å²) < 4.78 is 25.7. The fourth-order valence-electron chi connectivity index (χ4n) is 1.51. The first-order valence-corrected chi connectivity index (χ1v) is 5.53. The van der Waals surface area contributed by atoms with E-state index in [1.807, 2.05) is 0 Å². The van der Waals surface area contributed by atoms with E-state index in [1.54, 1.807) is 12.1 Å². The van der Waals surface area contributed by atoms with Crippen LogP contribution in [0.4, 0.5) is 8.78 Å². The summed E-state index contributed by atoms with van der Waals surface area (Å²) in [5.74, 6) is -2.26. The van der Waals surface area contributed by atoms with Crippen LogP contribution in [0.25, 0.3) is 0 Å². The van der Waals surface area contributed by atoms with E-state index in [0.29, 0.717) is 5.56 Å². The molecule has 0 bridgehead atoms. The van der Waals surface area contributed by atoms with Crippen LogP contribution in [0.3, 0.4) is 0 Å². The number of hydrogen-bond donors (Lipinski definition) is 0. The van der Waals surface area contributed by atoms with E-state index in [0.717, 1.165) is 12.1 Å². The molecule has 0 aliphatic heterocycles. The quantitative estimate of drug-likeness (QED) is 0.798. The number of pyridine rings is 1. The number of Topliss-reactive ketones (excluding diaryl/α,β-unsaturated/α-hetero) is 1. The number of nitrogens with zero attached hydrogens (tertiary/aromatic N) is 1. The molecular weight excluding hydrogens is 260 g/mol. The molecule has 0 aliphatic rings. The van der Waals surface area contributed by atoms with E-state index >= 15 is 0 Å². The number of benzene rings is 1. The number of carbonyl (C=O) groups excluding carboxylic acids is 1. The molecule has 0 N–H and O–H groups in total. The lowest BCUT2D eigenvalue weighted by Crippen LogP contribution is -2.07. The summed E-state index contributed by atoms with van der Waals surface area (Å²) in [6.07, 6.45) is 1.37. The van der Waals surface area contributed by atoms with Gasteiger partial charge in [0.25, 0.3) is 0 Å². The largest absolute Gasteiger partial charge is 0.292 e. The summed E-state index contributed by atoms with van der Waals surface area (Å²) in [5, 5.41) is 0.241. The normalized spacial score (nSPS) is 10.4. The first-order chi connectivity index (χ1) is 8.58. The van der Waals surface area contributed by atoms with Gasteiger partial charge < -0.3 is 0 Å². The smallest absolute Gasteiger partial charge is 0.187 e. The highest BCUT2D eigenvalue weighted by molar-refractivity contribution is 6.33. The van der Waals surface area contributed by atoms with Crippen molar-refractivity contribution < 1.29 is 13.6 Å². The van der Waals surface area contributed by atoms with Gasteiger partial charge in [-0.3, -0.25) is 9.78 Å². The van der Waals surface area contributed by atoms with Gasteiger partial charge in [-0.25, -0.2) is 8.78 Å². The molecule has 2 nitrogen and oxygen atoms in total. The van der Waals surface area contributed by atoms with Gasteiger partial charge in [-0.15, -0.1) is 0 Å². The van der Waals surface area contributed by atoms with E-state index in [9.17, 15) is 13.6 Å². The molecule has 1 aromatic heterocycles. The predicted octanol–water partition coefficient (Wildman–Crippen LogP) is 3.44. The molecule has 2 aromatic rings. The summed E-state index contributed by atoms with van der Waals surface area (Å²) in [4.78, 5) is 15.7. The SMILES string of the molecule is O=C(Cc1ccc(F)c(F)c1)c1ncccc1Cl. The van der Waals surface area contributed by atoms with Crippen LogP contribution < -0.4 is 0 Å². The maximum atomic E-state index is 13.0. The Labute approximate surface area is 107 Å². The standard InChI is InChI=1S/C13H8ClF2NO/c14-9-2-1-5-17-13(9)12(18)7-8-3-4-10(15)11(16)6-8/h1-6H,7H2. The third-order valence-corrected chi connectivity index (χ3v) is 2.68. The van der Waals surface area contributed by atoms with Gasteiger partial charge in [0.2, 0.25) is 0 Å². The Morgan fingerprint density at radius 3 is 2.67 bits per heavy atom. The van der Waals surface area contributed by atoms with Gasteiger partial charge in [-0.05, 0) is 29.8 Å². The van der Waals surface area contributed by atoms with Crippen LogP contribution in [-0.4, -0.2) is 10.8 Å². The second kappa shape index (κ2) is 5.23. The second-order valence-electron chi connectivity index (χ2n) is 3.68. The van der Waals surface area contributed by atoms with Crippen LogP contribution in [0.5, 0.6) is 0 Å². The number of ketones is 1. The Bertz CT molecular complexity index is 601. The minimum Gasteiger partial charge on any atom is -0.292 e. The first-order valence-electron chi connectivity index (χ1n) is 5.15. The van der Waals surface area contributed by atoms with E-state index in [1.165, 1.54) is 12.3 Å². The number of halogens is 3. The average molecular weight is 268 g/mol. The summed E-state index contributed by atoms with van der Waals surface area (Å²) in [5.41, 5.74) is 0.504. The molecule has 0 saturated heterocycles. The highest BCUT2D eigenvalue weighted by Gasteiger charge is 2.13. The lowest BCUT2D eigenvalue weighted by molar-refractivity contribution is 0.0988. The zero-order chi connectivity index (χ0) is 13.1. The van der Waals surface area contributed by atoms with Gasteiger partial charge >= 0.3 is 0 Å². The van der Waals surface area contributed by atoms with Gasteiger partial charge in [0.05, 0.1) is 5.02 Å². The summed E-state index contributed by atoms with van der Waals surface area (Å²) >= 11 is 5.82. The molecule has 0 aliphatic carbocycles. The molecule has 0 atom stereocenters. The van der Waals surface area contributed by atoms with Crippen LogP contribution in [0.15, 0.2) is 36.5 Å². The Balaban J connectivity index is 2.22. The molecule has 5 heteroatoms. The number of rotatable bonds is 3. The molecule has 1 aromatic carbocycles. The van der Waals surface area contributed by atoms with E-state index in [2.05, 4.69) is 4.98 Å². The lowest BCUT2D eigenvalue weighted by Gasteiger charge is -2.03. The number of aromatic nitrogens is 1. The maximum absolute atomic E-state index is 13.0. The van der Waals surface area contributed by atoms with Gasteiger partial charge in [-0.2, -0.15) is 0 Å². The fourth-order valence-corrected chi connectivity index (χ4v) is 1.74. The molecule has 2 rings (SSSR count). The predicted molar refractivity (Wildman–Crippen MR) is 63.6 cm³/mol. The summed E-state index contributed by atoms with van der Waals surface area (Å²) in [6, 6.07) is 6.49. The number of hydrogen-bond acceptors (Lipinski definition) is 2. The van der Waals surface area contributed by atoms with Gasteiger partial charge in [0.1, 0.15) is 5.69 Å². The van der Waals surface area contributed by atoms with Crippen molar-refractivity contribution in [3.05, 3.63) is 64.4 Å². The first kappa shape index (κ1) is 12.6. The molecule has 18 heavy (non-hydrogen) atoms. The molecule has 0 amide bonds. The molecule has 92 valence electrons. The Hall–Kier alpha value is -1.81. The molecule has 0 spiro atoms. The minimum atomic E-state index is -0.979. The van der Waals surface area contributed by atoms with Gasteiger partial charge in [-0.1, -0.05) is 17.7 Å². The highest BCUT2D eigenvalue weighted by atomic mass is 35.5. The Morgan fingerprint density at radius 2 is 2.00 bits per heavy atom. The molecule has 0 saturated carbocycles. The van der Waals surface area contributed by atoms with Crippen molar-refractivity contribution in [2.45, 2.75) is 6.42 Å². The fraction of sp³-hybridized carbons (Fsp3) is 0.0769. The third kappa shape index (κ3) is 2.71. The van der Waals surface area contributed by atoms with Crippen molar-refractivity contribution in [2.75, 3.05) is 0 Å². The monoisotopic (exact) mass is 267 g/mol. The zero-order valence-corrected chi connectivity index (χ0v) is 9.92. The van der Waals surface area contributed by atoms with Crippen LogP contribution in [-0.2, 0) is 6.42 Å². The van der Waals surface area contributed by atoms with Crippen LogP contribution in [0, 0.1) is 11.6 Å². The minimum absolute atomic E-state index is 0.0755. The van der Waals surface area contributed by atoms with Crippen molar-refractivity contribution in [1.82, 2.24) is 4.98 Å². The molecule has 0 fully saturated rings. The van der Waals surface area contributed by atoms with E-state index in [4.69, 9.17) is 11.6 Å². The summed E-state index contributed by atoms with van der Waals surface area (Å²) in [6.45, 7) is 0.